The lowest BCUT2D eigenvalue weighted by atomic mass is 9.62. The molecule has 0 radical (unpaired) electrons. The molecule has 3 heterocycles. The first-order chi connectivity index (χ1) is 35.3. The van der Waals surface area contributed by atoms with Gasteiger partial charge in [0.2, 0.25) is 0 Å². The Morgan fingerprint density at radius 1 is 0.225 bits per heavy atom. The Bertz CT molecular complexity index is 3800. The highest BCUT2D eigenvalue weighted by molar-refractivity contribution is 6.11. The Kier molecular flexibility index (Phi) is 9.33. The van der Waals surface area contributed by atoms with Gasteiger partial charge in [-0.2, -0.15) is 0 Å². The normalized spacial score (nSPS) is 14.1. The minimum atomic E-state index is -0.657. The number of aromatic nitrogens is 1. The van der Waals surface area contributed by atoms with E-state index in [1.807, 2.05) is 0 Å². The summed E-state index contributed by atoms with van der Waals surface area (Å²) in [5.74, 6) is 0. The van der Waals surface area contributed by atoms with Gasteiger partial charge in [0.1, 0.15) is 0 Å². The smallest absolute Gasteiger partial charge is 0.0742 e. The largest absolute Gasteiger partial charge is 0.310 e. The number of rotatable bonds is 7. The van der Waals surface area contributed by atoms with Crippen LogP contribution in [0.2, 0.25) is 0 Å². The van der Waals surface area contributed by atoms with Gasteiger partial charge in [0.05, 0.1) is 44.6 Å². The van der Waals surface area contributed by atoms with E-state index in [1.54, 1.807) is 0 Å². The molecule has 0 saturated carbocycles. The van der Waals surface area contributed by atoms with Crippen molar-refractivity contribution in [2.75, 3.05) is 9.80 Å². The molecule has 2 aliphatic heterocycles. The maximum Gasteiger partial charge on any atom is 0.0742 e. The molecule has 0 aliphatic carbocycles. The highest BCUT2D eigenvalue weighted by Gasteiger charge is 2.48. The van der Waals surface area contributed by atoms with Crippen LogP contribution >= 0.6 is 0 Å². The van der Waals surface area contributed by atoms with Gasteiger partial charge in [-0.3, -0.25) is 0 Å². The predicted molar refractivity (Wildman–Crippen MR) is 294 cm³/mol. The van der Waals surface area contributed by atoms with E-state index in [1.165, 1.54) is 66.7 Å². The molecule has 2 aliphatic rings. The van der Waals surface area contributed by atoms with Crippen molar-refractivity contribution in [3.05, 3.63) is 330 Å². The Labute approximate surface area is 414 Å². The summed E-state index contributed by atoms with van der Waals surface area (Å²) in [5, 5.41) is 2.38. The van der Waals surface area contributed by atoms with Crippen LogP contribution in [-0.2, 0) is 10.8 Å². The molecule has 3 heteroatoms. The van der Waals surface area contributed by atoms with E-state index in [-0.39, 0.29) is 0 Å². The predicted octanol–water partition coefficient (Wildman–Crippen LogP) is 17.1. The van der Waals surface area contributed by atoms with Crippen LogP contribution < -0.4 is 9.80 Å². The summed E-state index contributed by atoms with van der Waals surface area (Å²) in [5.41, 5.74) is 19.0. The van der Waals surface area contributed by atoms with Crippen LogP contribution in [0.4, 0.5) is 34.1 Å². The monoisotopic (exact) mass is 905 g/mol. The van der Waals surface area contributed by atoms with E-state index in [0.29, 0.717) is 0 Å². The molecule has 0 N–H and O–H groups in total. The first kappa shape index (κ1) is 40.8. The van der Waals surface area contributed by atoms with Crippen molar-refractivity contribution >= 4 is 55.9 Å². The summed E-state index contributed by atoms with van der Waals surface area (Å²) >= 11 is 0. The van der Waals surface area contributed by atoms with Crippen molar-refractivity contribution in [1.82, 2.24) is 4.57 Å². The van der Waals surface area contributed by atoms with Gasteiger partial charge in [0, 0.05) is 27.8 Å². The molecule has 0 spiro atoms. The molecule has 0 atom stereocenters. The lowest BCUT2D eigenvalue weighted by Crippen LogP contribution is -2.37. The van der Waals surface area contributed by atoms with Gasteiger partial charge < -0.3 is 14.4 Å². The third-order valence-electron chi connectivity index (χ3n) is 15.3. The lowest BCUT2D eigenvalue weighted by Gasteiger charge is -2.46. The first-order valence-electron chi connectivity index (χ1n) is 24.6. The maximum absolute atomic E-state index is 2.51. The third kappa shape index (κ3) is 5.90. The zero-order valence-electron chi connectivity index (χ0n) is 39.0. The minimum absolute atomic E-state index is 0.553. The Balaban J connectivity index is 1.05. The molecule has 0 amide bonds. The van der Waals surface area contributed by atoms with Crippen LogP contribution in [-0.4, -0.2) is 4.57 Å². The number of hydrogen-bond acceptors (Lipinski definition) is 2. The average Bonchev–Trinajstić information content (AvgIpc) is 3.78. The van der Waals surface area contributed by atoms with Crippen LogP contribution in [0.15, 0.2) is 285 Å². The number of para-hydroxylation sites is 6. The molecule has 11 aromatic carbocycles. The van der Waals surface area contributed by atoms with Gasteiger partial charge >= 0.3 is 0 Å². The van der Waals surface area contributed by atoms with E-state index in [2.05, 4.69) is 299 Å². The molecule has 71 heavy (non-hydrogen) atoms. The number of anilines is 6. The SMILES string of the molecule is c1ccc(N2c3ccccc3C(c3ccccc3)(c3ccc4c(c3)c3cc(N5c6ccccc6C(c6ccccc6)(c6ccccc6)c6ccccc65)ccc3n4-c3ccccc3)c3ccccc32)cc1. The molecule has 0 fully saturated rings. The second-order valence-corrected chi connectivity index (χ2v) is 18.8. The summed E-state index contributed by atoms with van der Waals surface area (Å²) in [6.07, 6.45) is 0. The van der Waals surface area contributed by atoms with Gasteiger partial charge in [0.15, 0.2) is 0 Å². The van der Waals surface area contributed by atoms with Gasteiger partial charge in [-0.1, -0.05) is 206 Å². The molecule has 334 valence electrons. The summed E-state index contributed by atoms with van der Waals surface area (Å²) in [6.45, 7) is 0. The van der Waals surface area contributed by atoms with Gasteiger partial charge in [0.25, 0.3) is 0 Å². The fourth-order valence-corrected chi connectivity index (χ4v) is 12.5. The molecule has 1 aromatic heterocycles. The van der Waals surface area contributed by atoms with Crippen LogP contribution in [0, 0.1) is 0 Å². The minimum Gasteiger partial charge on any atom is -0.310 e. The molecular weight excluding hydrogens is 859 g/mol. The highest BCUT2D eigenvalue weighted by atomic mass is 15.2. The van der Waals surface area contributed by atoms with E-state index in [4.69, 9.17) is 0 Å². The molecule has 14 rings (SSSR count). The summed E-state index contributed by atoms with van der Waals surface area (Å²) in [4.78, 5) is 4.94. The Morgan fingerprint density at radius 3 is 0.986 bits per heavy atom. The standard InChI is InChI=1S/C68H47N3/c1-6-24-48(25-7-1)67(49-26-8-2-9-27-49)57-34-16-22-40-65(57)71(66-41-23-17-35-58(66)67)54-43-45-62-56(47-54)55-46-51(42-44-61(55)69(62)52-30-12-4-13-31-52)68(50-28-10-3-11-29-50)59-36-18-20-38-63(59)70(53-32-14-5-15-33-53)64-39-21-19-37-60(64)68/h1-47H. The zero-order chi connectivity index (χ0) is 46.9. The molecule has 12 aromatic rings. The van der Waals surface area contributed by atoms with E-state index < -0.39 is 10.8 Å². The van der Waals surface area contributed by atoms with E-state index >= 15 is 0 Å². The first-order valence-corrected chi connectivity index (χ1v) is 24.6. The van der Waals surface area contributed by atoms with Crippen molar-refractivity contribution in [2.45, 2.75) is 10.8 Å². The summed E-state index contributed by atoms with van der Waals surface area (Å²) in [6, 6.07) is 105. The van der Waals surface area contributed by atoms with Crippen molar-refractivity contribution in [2.24, 2.45) is 0 Å². The van der Waals surface area contributed by atoms with E-state index in [9.17, 15) is 0 Å². The molecule has 0 bridgehead atoms. The number of hydrogen-bond donors (Lipinski definition) is 0. The van der Waals surface area contributed by atoms with E-state index in [0.717, 1.165) is 39.5 Å². The summed E-state index contributed by atoms with van der Waals surface area (Å²) in [7, 11) is 0. The topological polar surface area (TPSA) is 11.4 Å². The van der Waals surface area contributed by atoms with Gasteiger partial charge in [-0.25, -0.2) is 0 Å². The van der Waals surface area contributed by atoms with Gasteiger partial charge in [-0.15, -0.1) is 0 Å². The molecule has 0 saturated heterocycles. The van der Waals surface area contributed by atoms with Crippen LogP contribution in [0.3, 0.4) is 0 Å². The van der Waals surface area contributed by atoms with Crippen LogP contribution in [0.1, 0.15) is 44.5 Å². The highest BCUT2D eigenvalue weighted by Crippen LogP contribution is 2.60. The third-order valence-corrected chi connectivity index (χ3v) is 15.3. The molecular formula is C68H47N3. The van der Waals surface area contributed by atoms with Crippen LogP contribution in [0.5, 0.6) is 0 Å². The Morgan fingerprint density at radius 2 is 0.549 bits per heavy atom. The molecule has 0 unspecified atom stereocenters. The fraction of sp³-hybridized carbons (Fsp3) is 0.0294. The lowest BCUT2D eigenvalue weighted by molar-refractivity contribution is 0.731. The van der Waals surface area contributed by atoms with Crippen molar-refractivity contribution in [3.8, 4) is 5.69 Å². The fourth-order valence-electron chi connectivity index (χ4n) is 12.5. The Hall–Kier alpha value is -9.18. The summed E-state index contributed by atoms with van der Waals surface area (Å²) < 4.78 is 2.45. The maximum atomic E-state index is 2.51. The number of nitrogens with zero attached hydrogens (tertiary/aromatic N) is 3. The van der Waals surface area contributed by atoms with Crippen molar-refractivity contribution < 1.29 is 0 Å². The number of fused-ring (bicyclic) bond motifs is 7. The quantitative estimate of drug-likeness (QED) is 0.158. The van der Waals surface area contributed by atoms with Crippen molar-refractivity contribution in [1.29, 1.82) is 0 Å². The molecule has 3 nitrogen and oxygen atoms in total. The van der Waals surface area contributed by atoms with Gasteiger partial charge in [-0.05, 0) is 123 Å². The van der Waals surface area contributed by atoms with Crippen molar-refractivity contribution in [3.63, 3.8) is 0 Å². The zero-order valence-corrected chi connectivity index (χ0v) is 39.0. The second-order valence-electron chi connectivity index (χ2n) is 18.8. The average molecular weight is 906 g/mol. The van der Waals surface area contributed by atoms with Crippen LogP contribution in [0.25, 0.3) is 27.5 Å². The number of benzene rings is 11. The second kappa shape index (κ2) is 16.2.